The van der Waals surface area contributed by atoms with Crippen LogP contribution in [-0.2, 0) is 22.6 Å². The van der Waals surface area contributed by atoms with Gasteiger partial charge in [-0.2, -0.15) is 0 Å². The zero-order chi connectivity index (χ0) is 23.4. The monoisotopic (exact) mass is 472 g/mol. The Labute approximate surface area is 195 Å². The molecule has 0 radical (unpaired) electrons. The molecule has 1 saturated heterocycles. The van der Waals surface area contributed by atoms with Crippen LogP contribution in [0.25, 0.3) is 10.9 Å². The topological polar surface area (TPSA) is 86.0 Å². The Morgan fingerprint density at radius 1 is 1.03 bits per heavy atom. The molecule has 0 amide bonds. The number of fused-ring (bicyclic) bond motifs is 1. The van der Waals surface area contributed by atoms with Crippen molar-refractivity contribution in [2.75, 3.05) is 51.3 Å². The molecule has 3 aromatic rings. The van der Waals surface area contributed by atoms with Gasteiger partial charge in [0.25, 0.3) is 5.56 Å². The summed E-state index contributed by atoms with van der Waals surface area (Å²) in [5, 5.41) is 3.89. The van der Waals surface area contributed by atoms with Gasteiger partial charge < -0.3 is 14.4 Å². The van der Waals surface area contributed by atoms with E-state index in [4.69, 9.17) is 9.47 Å². The summed E-state index contributed by atoms with van der Waals surface area (Å²) < 4.78 is 13.1. The molecular formula is C23H28N4O5S. The molecule has 1 aliphatic heterocycles. The lowest BCUT2D eigenvalue weighted by Crippen LogP contribution is -2.49. The van der Waals surface area contributed by atoms with Gasteiger partial charge >= 0.3 is 11.7 Å². The van der Waals surface area contributed by atoms with Crippen molar-refractivity contribution in [3.8, 4) is 5.75 Å². The standard InChI is InChI=1S/C23H28N4O5S/c1-3-32-21(28)14-27-19-16-33-15-17(19)22(29)26(23(27)30)13-10-24-8-11-25(12-9-24)18-6-4-5-7-20(18)31-2/h4-7,15-16H,3,8-14H2,1-2H3. The average Bonchev–Trinajstić information content (AvgIpc) is 3.32. The second-order valence-electron chi connectivity index (χ2n) is 7.80. The average molecular weight is 473 g/mol. The van der Waals surface area contributed by atoms with Crippen LogP contribution in [0.5, 0.6) is 5.75 Å². The fraction of sp³-hybridized carbons (Fsp3) is 0.435. The number of anilines is 1. The van der Waals surface area contributed by atoms with Gasteiger partial charge in [0.15, 0.2) is 0 Å². The fourth-order valence-electron chi connectivity index (χ4n) is 4.17. The van der Waals surface area contributed by atoms with Crippen molar-refractivity contribution in [3.63, 3.8) is 0 Å². The van der Waals surface area contributed by atoms with Gasteiger partial charge in [-0.1, -0.05) is 12.1 Å². The molecule has 3 heterocycles. The van der Waals surface area contributed by atoms with E-state index in [1.165, 1.54) is 20.5 Å². The molecule has 2 aromatic heterocycles. The molecule has 0 atom stereocenters. The predicted molar refractivity (Wildman–Crippen MR) is 129 cm³/mol. The number of esters is 1. The zero-order valence-electron chi connectivity index (χ0n) is 18.9. The van der Waals surface area contributed by atoms with Crippen LogP contribution in [0.1, 0.15) is 6.92 Å². The molecule has 0 unspecified atom stereocenters. The van der Waals surface area contributed by atoms with Crippen LogP contribution in [0.15, 0.2) is 44.6 Å². The highest BCUT2D eigenvalue weighted by Gasteiger charge is 2.21. The fourth-order valence-corrected chi connectivity index (χ4v) is 4.98. The molecule has 0 N–H and O–H groups in total. The molecule has 1 fully saturated rings. The molecule has 0 aliphatic carbocycles. The van der Waals surface area contributed by atoms with Crippen molar-refractivity contribution >= 4 is 33.9 Å². The lowest BCUT2D eigenvalue weighted by atomic mass is 10.2. The zero-order valence-corrected chi connectivity index (χ0v) is 19.7. The minimum Gasteiger partial charge on any atom is -0.495 e. The van der Waals surface area contributed by atoms with E-state index in [0.29, 0.717) is 17.4 Å². The van der Waals surface area contributed by atoms with Gasteiger partial charge in [-0.05, 0) is 19.1 Å². The number of carbonyl (C=O) groups excluding carboxylic acids is 1. The van der Waals surface area contributed by atoms with E-state index in [2.05, 4.69) is 15.9 Å². The number of ether oxygens (including phenoxy) is 2. The molecule has 33 heavy (non-hydrogen) atoms. The maximum absolute atomic E-state index is 13.1. The van der Waals surface area contributed by atoms with Gasteiger partial charge in [-0.3, -0.25) is 23.6 Å². The SMILES string of the molecule is CCOC(=O)Cn1c(=O)n(CCN2CCN(c3ccccc3OC)CC2)c(=O)c2cscc21. The first-order valence-corrected chi connectivity index (χ1v) is 11.9. The second-order valence-corrected chi connectivity index (χ2v) is 8.55. The molecule has 4 rings (SSSR count). The van der Waals surface area contributed by atoms with Crippen molar-refractivity contribution in [2.45, 2.75) is 20.0 Å². The Kier molecular flexibility index (Phi) is 7.14. The highest BCUT2D eigenvalue weighted by atomic mass is 32.1. The number of para-hydroxylation sites is 2. The van der Waals surface area contributed by atoms with Crippen molar-refractivity contribution in [1.82, 2.24) is 14.0 Å². The summed E-state index contributed by atoms with van der Waals surface area (Å²) >= 11 is 1.33. The van der Waals surface area contributed by atoms with E-state index in [9.17, 15) is 14.4 Å². The number of rotatable bonds is 8. The molecule has 1 aromatic carbocycles. The summed E-state index contributed by atoms with van der Waals surface area (Å²) in [6, 6.07) is 7.96. The third kappa shape index (κ3) is 4.81. The molecule has 176 valence electrons. The summed E-state index contributed by atoms with van der Waals surface area (Å²) in [7, 11) is 1.67. The number of carbonyl (C=O) groups is 1. The second kappa shape index (κ2) is 10.2. The largest absolute Gasteiger partial charge is 0.495 e. The van der Waals surface area contributed by atoms with E-state index in [1.54, 1.807) is 24.8 Å². The third-order valence-electron chi connectivity index (χ3n) is 5.90. The number of nitrogens with zero attached hydrogens (tertiary/aromatic N) is 4. The number of aromatic nitrogens is 2. The molecular weight excluding hydrogens is 444 g/mol. The summed E-state index contributed by atoms with van der Waals surface area (Å²) in [5.74, 6) is 0.355. The van der Waals surface area contributed by atoms with Gasteiger partial charge in [0, 0.05) is 50.0 Å². The van der Waals surface area contributed by atoms with E-state index < -0.39 is 11.7 Å². The first-order chi connectivity index (χ1) is 16.0. The van der Waals surface area contributed by atoms with Crippen LogP contribution >= 0.6 is 11.3 Å². The lowest BCUT2D eigenvalue weighted by Gasteiger charge is -2.36. The Morgan fingerprint density at radius 3 is 2.52 bits per heavy atom. The maximum atomic E-state index is 13.1. The molecule has 1 aliphatic rings. The van der Waals surface area contributed by atoms with Gasteiger partial charge in [-0.15, -0.1) is 11.3 Å². The maximum Gasteiger partial charge on any atom is 0.332 e. The summed E-state index contributed by atoms with van der Waals surface area (Å²) in [6.07, 6.45) is 0. The molecule has 0 bridgehead atoms. The van der Waals surface area contributed by atoms with Gasteiger partial charge in [-0.25, -0.2) is 4.79 Å². The molecule has 0 saturated carbocycles. The van der Waals surface area contributed by atoms with Crippen LogP contribution in [0.3, 0.4) is 0 Å². The van der Waals surface area contributed by atoms with Crippen molar-refractivity contribution in [1.29, 1.82) is 0 Å². The minimum absolute atomic E-state index is 0.211. The van der Waals surface area contributed by atoms with E-state index in [0.717, 1.165) is 37.6 Å². The van der Waals surface area contributed by atoms with Crippen LogP contribution in [0.2, 0.25) is 0 Å². The van der Waals surface area contributed by atoms with Gasteiger partial charge in [0.1, 0.15) is 12.3 Å². The van der Waals surface area contributed by atoms with Crippen molar-refractivity contribution in [2.24, 2.45) is 0 Å². The smallest absolute Gasteiger partial charge is 0.332 e. The number of methoxy groups -OCH3 is 1. The quantitative estimate of drug-likeness (QED) is 0.461. The Morgan fingerprint density at radius 2 is 1.79 bits per heavy atom. The number of benzene rings is 1. The summed E-state index contributed by atoms with van der Waals surface area (Å²) in [5.41, 5.74) is 0.751. The number of piperazine rings is 1. The highest BCUT2D eigenvalue weighted by Crippen LogP contribution is 2.28. The number of thiophene rings is 1. The summed E-state index contributed by atoms with van der Waals surface area (Å²) in [6.45, 7) is 5.85. The van der Waals surface area contributed by atoms with Crippen LogP contribution < -0.4 is 20.9 Å². The number of hydrogen-bond donors (Lipinski definition) is 0. The lowest BCUT2D eigenvalue weighted by molar-refractivity contribution is -0.143. The Balaban J connectivity index is 1.47. The predicted octanol–water partition coefficient (Wildman–Crippen LogP) is 1.62. The van der Waals surface area contributed by atoms with Gasteiger partial charge in [0.05, 0.1) is 30.3 Å². The van der Waals surface area contributed by atoms with E-state index in [-0.39, 0.29) is 25.3 Å². The Bertz CT molecular complexity index is 1240. The van der Waals surface area contributed by atoms with E-state index >= 15 is 0 Å². The van der Waals surface area contributed by atoms with Crippen LogP contribution in [-0.4, -0.2) is 66.4 Å². The molecule has 9 nitrogen and oxygen atoms in total. The molecule has 0 spiro atoms. The highest BCUT2D eigenvalue weighted by molar-refractivity contribution is 7.09. The Hall–Kier alpha value is -3.11. The van der Waals surface area contributed by atoms with Crippen molar-refractivity contribution in [3.05, 3.63) is 55.9 Å². The van der Waals surface area contributed by atoms with Crippen LogP contribution in [0.4, 0.5) is 5.69 Å². The number of hydrogen-bond acceptors (Lipinski definition) is 8. The minimum atomic E-state index is -0.496. The summed E-state index contributed by atoms with van der Waals surface area (Å²) in [4.78, 5) is 42.6. The van der Waals surface area contributed by atoms with Crippen LogP contribution in [0, 0.1) is 0 Å². The third-order valence-corrected chi connectivity index (χ3v) is 6.63. The first-order valence-electron chi connectivity index (χ1n) is 11.0. The first kappa shape index (κ1) is 23.1. The van der Waals surface area contributed by atoms with Gasteiger partial charge in [0.2, 0.25) is 0 Å². The normalized spacial score (nSPS) is 14.5. The van der Waals surface area contributed by atoms with Crippen molar-refractivity contribution < 1.29 is 14.3 Å². The van der Waals surface area contributed by atoms with E-state index in [1.807, 2.05) is 18.2 Å². The molecule has 10 heteroatoms.